The maximum absolute atomic E-state index is 12.5. The Morgan fingerprint density at radius 1 is 1.07 bits per heavy atom. The van der Waals surface area contributed by atoms with Gasteiger partial charge < -0.3 is 20.1 Å². The number of nitrogens with zero attached hydrogens (tertiary/aromatic N) is 1. The second-order valence-corrected chi connectivity index (χ2v) is 5.72. The smallest absolute Gasteiger partial charge is 0.328 e. The number of ether oxygens (including phenoxy) is 2. The van der Waals surface area contributed by atoms with Crippen LogP contribution in [0.5, 0.6) is 5.88 Å². The van der Waals surface area contributed by atoms with Gasteiger partial charge in [-0.25, -0.2) is 9.78 Å². The minimum atomic E-state index is -0.868. The Kier molecular flexibility index (Phi) is 6.87. The average Bonchev–Trinajstić information content (AvgIpc) is 2.67. The van der Waals surface area contributed by atoms with Gasteiger partial charge in [-0.3, -0.25) is 9.59 Å². The zero-order valence-corrected chi connectivity index (χ0v) is 15.3. The zero-order valence-electron chi connectivity index (χ0n) is 15.3. The summed E-state index contributed by atoms with van der Waals surface area (Å²) in [5.74, 6) is -0.738. The number of anilines is 1. The lowest BCUT2D eigenvalue weighted by Gasteiger charge is -2.17. The lowest BCUT2D eigenvalue weighted by Crippen LogP contribution is -2.43. The average molecular weight is 371 g/mol. The number of carbonyl (C=O) groups excluding carboxylic acids is 3. The van der Waals surface area contributed by atoms with Crippen LogP contribution in [0.25, 0.3) is 0 Å². The largest absolute Gasteiger partial charge is 0.481 e. The first-order chi connectivity index (χ1) is 12.9. The van der Waals surface area contributed by atoms with Crippen LogP contribution < -0.4 is 15.4 Å². The minimum Gasteiger partial charge on any atom is -0.481 e. The summed E-state index contributed by atoms with van der Waals surface area (Å²) in [6, 6.07) is 8.90. The molecule has 1 aromatic carbocycles. The fraction of sp³-hybridized carbons (Fsp3) is 0.263. The topological polar surface area (TPSA) is 107 Å². The number of rotatable bonds is 7. The summed E-state index contributed by atoms with van der Waals surface area (Å²) in [6.07, 6.45) is 1.79. The van der Waals surface area contributed by atoms with Gasteiger partial charge in [0.25, 0.3) is 5.91 Å². The van der Waals surface area contributed by atoms with Crippen molar-refractivity contribution >= 4 is 23.5 Å². The molecule has 0 saturated carbocycles. The van der Waals surface area contributed by atoms with E-state index in [4.69, 9.17) is 9.47 Å². The lowest BCUT2D eigenvalue weighted by atomic mass is 10.1. The molecule has 0 aliphatic rings. The fourth-order valence-corrected chi connectivity index (χ4v) is 2.37. The van der Waals surface area contributed by atoms with Gasteiger partial charge in [0, 0.05) is 36.9 Å². The first-order valence-electron chi connectivity index (χ1n) is 8.18. The number of aromatic nitrogens is 1. The van der Waals surface area contributed by atoms with Gasteiger partial charge in [-0.15, -0.1) is 0 Å². The molecule has 2 rings (SSSR count). The van der Waals surface area contributed by atoms with E-state index in [1.165, 1.54) is 21.1 Å². The van der Waals surface area contributed by atoms with Gasteiger partial charge in [0.1, 0.15) is 6.04 Å². The Morgan fingerprint density at radius 2 is 1.78 bits per heavy atom. The molecule has 1 aromatic heterocycles. The Balaban J connectivity index is 2.08. The Bertz CT molecular complexity index is 803. The standard InChI is InChI=1S/C19H21N3O5/c1-12(23)21-15-7-5-14(6-8-15)18(24)22-16(19(25)27-3)10-13-4-9-17(26-2)20-11-13/h4-9,11,16H,10H2,1-3H3,(H,21,23)(H,22,24)/t16-/m0/s1. The van der Waals surface area contributed by atoms with Crippen LogP contribution in [-0.4, -0.2) is 43.0 Å². The predicted molar refractivity (Wildman–Crippen MR) is 98.5 cm³/mol. The van der Waals surface area contributed by atoms with Gasteiger partial charge in [-0.05, 0) is 29.8 Å². The molecule has 0 bridgehead atoms. The summed E-state index contributed by atoms with van der Waals surface area (Å²) in [5.41, 5.74) is 1.67. The van der Waals surface area contributed by atoms with Crippen LogP contribution in [0, 0.1) is 0 Å². The highest BCUT2D eigenvalue weighted by Gasteiger charge is 2.23. The number of benzene rings is 1. The first kappa shape index (κ1) is 19.9. The number of pyridine rings is 1. The highest BCUT2D eigenvalue weighted by molar-refractivity contribution is 5.97. The molecule has 1 atom stereocenters. The number of nitrogens with one attached hydrogen (secondary N) is 2. The molecule has 8 heteroatoms. The van der Waals surface area contributed by atoms with Crippen LogP contribution in [0.1, 0.15) is 22.8 Å². The third kappa shape index (κ3) is 5.81. The molecule has 2 amide bonds. The molecule has 0 aliphatic carbocycles. The number of methoxy groups -OCH3 is 2. The Morgan fingerprint density at radius 3 is 2.30 bits per heavy atom. The van der Waals surface area contributed by atoms with E-state index < -0.39 is 17.9 Å². The van der Waals surface area contributed by atoms with E-state index in [1.54, 1.807) is 42.6 Å². The first-order valence-corrected chi connectivity index (χ1v) is 8.18. The normalized spacial score (nSPS) is 11.2. The predicted octanol–water partition coefficient (Wildman–Crippen LogP) is 1.56. The number of esters is 1. The van der Waals surface area contributed by atoms with Crippen molar-refractivity contribution in [1.82, 2.24) is 10.3 Å². The highest BCUT2D eigenvalue weighted by atomic mass is 16.5. The number of hydrogen-bond donors (Lipinski definition) is 2. The van der Waals surface area contributed by atoms with Crippen LogP contribution in [0.3, 0.4) is 0 Å². The molecule has 1 heterocycles. The summed E-state index contributed by atoms with van der Waals surface area (Å²) in [5, 5.41) is 5.28. The number of amides is 2. The molecule has 0 unspecified atom stereocenters. The van der Waals surface area contributed by atoms with E-state index in [2.05, 4.69) is 15.6 Å². The molecule has 8 nitrogen and oxygen atoms in total. The van der Waals surface area contributed by atoms with Crippen molar-refractivity contribution in [2.24, 2.45) is 0 Å². The highest BCUT2D eigenvalue weighted by Crippen LogP contribution is 2.12. The van der Waals surface area contributed by atoms with E-state index in [9.17, 15) is 14.4 Å². The van der Waals surface area contributed by atoms with Crippen molar-refractivity contribution in [3.63, 3.8) is 0 Å². The molecule has 0 saturated heterocycles. The van der Waals surface area contributed by atoms with E-state index in [0.717, 1.165) is 5.56 Å². The molecule has 0 fully saturated rings. The maximum atomic E-state index is 12.5. The second kappa shape index (κ2) is 9.33. The van der Waals surface area contributed by atoms with E-state index in [0.29, 0.717) is 17.1 Å². The Labute approximate surface area is 156 Å². The molecular formula is C19H21N3O5. The number of hydrogen-bond acceptors (Lipinski definition) is 6. The van der Waals surface area contributed by atoms with Crippen LogP contribution in [0.4, 0.5) is 5.69 Å². The summed E-state index contributed by atoms with van der Waals surface area (Å²) in [6.45, 7) is 1.40. The van der Waals surface area contributed by atoms with Crippen LogP contribution in [-0.2, 0) is 20.7 Å². The summed E-state index contributed by atoms with van der Waals surface area (Å²) in [7, 11) is 2.77. The molecule has 0 aliphatic heterocycles. The van der Waals surface area contributed by atoms with Crippen molar-refractivity contribution in [3.05, 3.63) is 53.7 Å². The van der Waals surface area contributed by atoms with Crippen LogP contribution >= 0.6 is 0 Å². The Hall–Kier alpha value is -3.42. The zero-order chi connectivity index (χ0) is 19.8. The van der Waals surface area contributed by atoms with Crippen molar-refractivity contribution in [1.29, 1.82) is 0 Å². The molecule has 142 valence electrons. The van der Waals surface area contributed by atoms with Gasteiger partial charge in [-0.1, -0.05) is 6.07 Å². The molecule has 0 radical (unpaired) electrons. The summed E-state index contributed by atoms with van der Waals surface area (Å²) >= 11 is 0. The molecule has 2 N–H and O–H groups in total. The third-order valence-electron chi connectivity index (χ3n) is 3.71. The van der Waals surface area contributed by atoms with E-state index in [1.807, 2.05) is 0 Å². The number of carbonyl (C=O) groups is 3. The van der Waals surface area contributed by atoms with Gasteiger partial charge in [-0.2, -0.15) is 0 Å². The van der Waals surface area contributed by atoms with Crippen molar-refractivity contribution in [3.8, 4) is 5.88 Å². The second-order valence-electron chi connectivity index (χ2n) is 5.72. The van der Waals surface area contributed by atoms with E-state index in [-0.39, 0.29) is 12.3 Å². The van der Waals surface area contributed by atoms with Gasteiger partial charge >= 0.3 is 5.97 Å². The molecule has 2 aromatic rings. The minimum absolute atomic E-state index is 0.203. The maximum Gasteiger partial charge on any atom is 0.328 e. The SMILES string of the molecule is COC(=O)[C@H](Cc1ccc(OC)nc1)NC(=O)c1ccc(NC(C)=O)cc1. The van der Waals surface area contributed by atoms with Crippen LogP contribution in [0.2, 0.25) is 0 Å². The third-order valence-corrected chi connectivity index (χ3v) is 3.71. The molecule has 0 spiro atoms. The summed E-state index contributed by atoms with van der Waals surface area (Å²) < 4.78 is 9.78. The summed E-state index contributed by atoms with van der Waals surface area (Å²) in [4.78, 5) is 39.6. The quantitative estimate of drug-likeness (QED) is 0.716. The lowest BCUT2D eigenvalue weighted by molar-refractivity contribution is -0.142. The monoisotopic (exact) mass is 371 g/mol. The van der Waals surface area contributed by atoms with Crippen molar-refractivity contribution in [2.75, 3.05) is 19.5 Å². The fourth-order valence-electron chi connectivity index (χ4n) is 2.37. The van der Waals surface area contributed by atoms with Crippen molar-refractivity contribution < 1.29 is 23.9 Å². The van der Waals surface area contributed by atoms with E-state index >= 15 is 0 Å². The van der Waals surface area contributed by atoms with Gasteiger partial charge in [0.15, 0.2) is 0 Å². The van der Waals surface area contributed by atoms with Crippen LogP contribution in [0.15, 0.2) is 42.6 Å². The molecular weight excluding hydrogens is 350 g/mol. The van der Waals surface area contributed by atoms with Gasteiger partial charge in [0.05, 0.1) is 14.2 Å². The van der Waals surface area contributed by atoms with Crippen molar-refractivity contribution in [2.45, 2.75) is 19.4 Å². The van der Waals surface area contributed by atoms with Gasteiger partial charge in [0.2, 0.25) is 11.8 Å². The molecule has 27 heavy (non-hydrogen) atoms.